The van der Waals surface area contributed by atoms with Crippen LogP contribution in [0.4, 0.5) is 0 Å². The van der Waals surface area contributed by atoms with E-state index in [9.17, 15) is 0 Å². The highest BCUT2D eigenvalue weighted by atomic mass is 14.0. The molecule has 1 aromatic rings. The van der Waals surface area contributed by atoms with Crippen LogP contribution in [0, 0.1) is 0 Å². The molecule has 0 radical (unpaired) electrons. The molecule has 0 saturated heterocycles. The van der Waals surface area contributed by atoms with Gasteiger partial charge in [0.15, 0.2) is 0 Å². The minimum absolute atomic E-state index is 0.654. The molecule has 1 aromatic carbocycles. The third-order valence-electron chi connectivity index (χ3n) is 2.55. The van der Waals surface area contributed by atoms with Crippen LogP contribution in [-0.2, 0) is 6.42 Å². The summed E-state index contributed by atoms with van der Waals surface area (Å²) in [4.78, 5) is 0. The van der Waals surface area contributed by atoms with E-state index in [2.05, 4.69) is 58.9 Å². The highest BCUT2D eigenvalue weighted by Gasteiger charge is 1.96. The minimum atomic E-state index is 0.654. The minimum Gasteiger partial charge on any atom is -0.0654 e. The molecular formula is C15H26. The van der Waals surface area contributed by atoms with Crippen LogP contribution in [0.25, 0.3) is 0 Å². The summed E-state index contributed by atoms with van der Waals surface area (Å²) >= 11 is 0. The lowest BCUT2D eigenvalue weighted by Gasteiger charge is -2.04. The first-order chi connectivity index (χ1) is 7.15. The Morgan fingerprint density at radius 2 is 1.33 bits per heavy atom. The zero-order valence-electron chi connectivity index (χ0n) is 11.0. The van der Waals surface area contributed by atoms with Gasteiger partial charge in [0.25, 0.3) is 0 Å². The van der Waals surface area contributed by atoms with E-state index in [1.165, 1.54) is 24.0 Å². The van der Waals surface area contributed by atoms with Crippen LogP contribution in [0.3, 0.4) is 0 Å². The summed E-state index contributed by atoms with van der Waals surface area (Å²) in [7, 11) is 0. The van der Waals surface area contributed by atoms with Gasteiger partial charge in [-0.25, -0.2) is 0 Å². The van der Waals surface area contributed by atoms with Crippen LogP contribution in [0.5, 0.6) is 0 Å². The fraction of sp³-hybridized carbons (Fsp3) is 0.600. The molecular weight excluding hydrogens is 180 g/mol. The zero-order valence-corrected chi connectivity index (χ0v) is 11.0. The summed E-state index contributed by atoms with van der Waals surface area (Å²) in [5.74, 6) is 0.654. The molecule has 15 heavy (non-hydrogen) atoms. The molecule has 0 saturated carbocycles. The van der Waals surface area contributed by atoms with Crippen molar-refractivity contribution < 1.29 is 0 Å². The maximum atomic E-state index is 2.23. The number of benzene rings is 1. The highest BCUT2D eigenvalue weighted by molar-refractivity contribution is 5.24. The van der Waals surface area contributed by atoms with Crippen molar-refractivity contribution >= 4 is 0 Å². The van der Waals surface area contributed by atoms with Crippen molar-refractivity contribution in [1.29, 1.82) is 0 Å². The molecule has 0 bridgehead atoms. The lowest BCUT2D eigenvalue weighted by Crippen LogP contribution is -1.87. The van der Waals surface area contributed by atoms with Crippen LogP contribution in [-0.4, -0.2) is 0 Å². The molecule has 0 spiro atoms. The van der Waals surface area contributed by atoms with Gasteiger partial charge in [-0.3, -0.25) is 0 Å². The van der Waals surface area contributed by atoms with E-state index >= 15 is 0 Å². The molecule has 0 nitrogen and oxygen atoms in total. The molecule has 86 valence electrons. The van der Waals surface area contributed by atoms with Gasteiger partial charge in [0.05, 0.1) is 0 Å². The second kappa shape index (κ2) is 8.52. The van der Waals surface area contributed by atoms with Gasteiger partial charge in [-0.2, -0.15) is 0 Å². The van der Waals surface area contributed by atoms with Crippen molar-refractivity contribution in [3.05, 3.63) is 35.4 Å². The summed E-state index contributed by atoms with van der Waals surface area (Å²) in [5.41, 5.74) is 2.86. The molecule has 0 fully saturated rings. The number of unbranched alkanes of at least 4 members (excludes halogenated alkanes) is 1. The van der Waals surface area contributed by atoms with Gasteiger partial charge in [0, 0.05) is 0 Å². The lowest BCUT2D eigenvalue weighted by molar-refractivity contribution is 0.865. The molecule has 0 atom stereocenters. The molecule has 0 unspecified atom stereocenters. The van der Waals surface area contributed by atoms with Gasteiger partial charge in [-0.05, 0) is 23.5 Å². The fourth-order valence-electron chi connectivity index (χ4n) is 1.14. The van der Waals surface area contributed by atoms with E-state index in [1.54, 1.807) is 0 Å². The Morgan fingerprint density at radius 1 is 0.867 bits per heavy atom. The van der Waals surface area contributed by atoms with E-state index in [0.717, 1.165) is 6.42 Å². The first-order valence-corrected chi connectivity index (χ1v) is 6.24. The van der Waals surface area contributed by atoms with Crippen molar-refractivity contribution in [3.8, 4) is 0 Å². The number of hydrogen-bond acceptors (Lipinski definition) is 0. The van der Waals surface area contributed by atoms with Gasteiger partial charge < -0.3 is 0 Å². The topological polar surface area (TPSA) is 0 Å². The Hall–Kier alpha value is -0.780. The molecule has 0 amide bonds. The lowest BCUT2D eigenvalue weighted by atomic mass is 10.0. The van der Waals surface area contributed by atoms with Crippen LogP contribution in [0.15, 0.2) is 24.3 Å². The monoisotopic (exact) mass is 206 g/mol. The Labute approximate surface area is 95.7 Å². The van der Waals surface area contributed by atoms with Crippen molar-refractivity contribution in [3.63, 3.8) is 0 Å². The number of aryl methyl sites for hydroxylation is 1. The fourth-order valence-corrected chi connectivity index (χ4v) is 1.14. The smallest absolute Gasteiger partial charge is 0.0219 e. The molecule has 0 N–H and O–H groups in total. The predicted molar refractivity (Wildman–Crippen MR) is 70.5 cm³/mol. The zero-order chi connectivity index (χ0) is 11.7. The Bertz CT molecular complexity index is 229. The number of hydrogen-bond donors (Lipinski definition) is 0. The molecule has 0 heteroatoms. The van der Waals surface area contributed by atoms with Crippen molar-refractivity contribution in [2.75, 3.05) is 0 Å². The Balaban J connectivity index is 0.000000423. The first-order valence-electron chi connectivity index (χ1n) is 6.24. The predicted octanol–water partition coefficient (Wildman–Crippen LogP) is 5.18. The summed E-state index contributed by atoms with van der Waals surface area (Å²) in [6, 6.07) is 8.89. The van der Waals surface area contributed by atoms with Crippen molar-refractivity contribution in [1.82, 2.24) is 0 Å². The standard InChI is InChI=1S/C11H16.C4H10/c1-4-10-5-7-11(8-6-10)9(2)3;1-3-4-2/h5-9H,4H2,1-3H3;3-4H2,1-2H3. The van der Waals surface area contributed by atoms with E-state index in [-0.39, 0.29) is 0 Å². The largest absolute Gasteiger partial charge is 0.0654 e. The second-order valence-electron chi connectivity index (χ2n) is 4.25. The van der Waals surface area contributed by atoms with Crippen molar-refractivity contribution in [2.24, 2.45) is 0 Å². The van der Waals surface area contributed by atoms with E-state index in [0.29, 0.717) is 5.92 Å². The molecule has 0 aliphatic carbocycles. The summed E-state index contributed by atoms with van der Waals surface area (Å²) in [6.45, 7) is 11.0. The highest BCUT2D eigenvalue weighted by Crippen LogP contribution is 2.14. The molecule has 0 heterocycles. The third kappa shape index (κ3) is 6.33. The third-order valence-corrected chi connectivity index (χ3v) is 2.55. The summed E-state index contributed by atoms with van der Waals surface area (Å²) in [5, 5.41) is 0. The van der Waals surface area contributed by atoms with Crippen LogP contribution < -0.4 is 0 Å². The van der Waals surface area contributed by atoms with E-state index in [1.807, 2.05) is 0 Å². The molecule has 0 aromatic heterocycles. The van der Waals surface area contributed by atoms with Crippen molar-refractivity contribution in [2.45, 2.75) is 59.8 Å². The number of rotatable bonds is 3. The quantitative estimate of drug-likeness (QED) is 0.639. The van der Waals surface area contributed by atoms with Crippen LogP contribution in [0.1, 0.15) is 64.5 Å². The average Bonchev–Trinajstić information content (AvgIpc) is 2.29. The van der Waals surface area contributed by atoms with E-state index in [4.69, 9.17) is 0 Å². The van der Waals surface area contributed by atoms with Gasteiger partial charge >= 0.3 is 0 Å². The average molecular weight is 206 g/mol. The second-order valence-corrected chi connectivity index (χ2v) is 4.25. The van der Waals surface area contributed by atoms with Gasteiger partial charge in [-0.15, -0.1) is 0 Å². The molecule has 0 aliphatic rings. The normalized spacial score (nSPS) is 9.73. The maximum Gasteiger partial charge on any atom is -0.0219 e. The first kappa shape index (κ1) is 14.2. The summed E-state index contributed by atoms with van der Waals surface area (Å²) < 4.78 is 0. The SMILES string of the molecule is CCCC.CCc1ccc(C(C)C)cc1. The van der Waals surface area contributed by atoms with E-state index < -0.39 is 0 Å². The molecule has 0 aliphatic heterocycles. The maximum absolute atomic E-state index is 2.23. The van der Waals surface area contributed by atoms with Crippen LogP contribution >= 0.6 is 0 Å². The Kier molecular flexibility index (Phi) is 8.08. The summed E-state index contributed by atoms with van der Waals surface area (Å²) in [6.07, 6.45) is 3.78. The van der Waals surface area contributed by atoms with Gasteiger partial charge in [-0.1, -0.05) is 71.7 Å². The molecule has 1 rings (SSSR count). The van der Waals surface area contributed by atoms with Crippen LogP contribution in [0.2, 0.25) is 0 Å². The van der Waals surface area contributed by atoms with Gasteiger partial charge in [0.1, 0.15) is 0 Å². The van der Waals surface area contributed by atoms with Gasteiger partial charge in [0.2, 0.25) is 0 Å². The Morgan fingerprint density at radius 3 is 1.60 bits per heavy atom.